The third-order valence-electron chi connectivity index (χ3n) is 4.17. The van der Waals surface area contributed by atoms with Gasteiger partial charge in [0.05, 0.1) is 5.56 Å². The van der Waals surface area contributed by atoms with E-state index in [9.17, 15) is 4.79 Å². The lowest BCUT2D eigenvalue weighted by molar-refractivity contribution is 0.0696. The summed E-state index contributed by atoms with van der Waals surface area (Å²) in [5.74, 6) is -0.163. The van der Waals surface area contributed by atoms with Crippen molar-refractivity contribution in [2.75, 3.05) is 6.54 Å². The SMILES string of the molecule is CC1CCCN(Cc2cc(C(=O)O)ccc2Br)C1C. The van der Waals surface area contributed by atoms with Crippen LogP contribution in [-0.2, 0) is 6.54 Å². The number of piperidine rings is 1. The molecular weight excluding hydrogens is 306 g/mol. The van der Waals surface area contributed by atoms with Gasteiger partial charge >= 0.3 is 5.97 Å². The fourth-order valence-corrected chi connectivity index (χ4v) is 3.06. The topological polar surface area (TPSA) is 40.5 Å². The number of nitrogens with zero attached hydrogens (tertiary/aromatic N) is 1. The zero-order valence-corrected chi connectivity index (χ0v) is 13.0. The number of rotatable bonds is 3. The van der Waals surface area contributed by atoms with Crippen LogP contribution in [0.1, 0.15) is 42.6 Å². The number of aromatic carboxylic acids is 1. The molecule has 0 aliphatic carbocycles. The molecule has 0 spiro atoms. The molecule has 1 N–H and O–H groups in total. The van der Waals surface area contributed by atoms with Gasteiger partial charge in [0, 0.05) is 17.1 Å². The number of carboxylic acid groups (broad SMARTS) is 1. The molecule has 1 fully saturated rings. The Hall–Kier alpha value is -0.870. The van der Waals surface area contributed by atoms with Gasteiger partial charge in [-0.25, -0.2) is 4.79 Å². The van der Waals surface area contributed by atoms with Crippen LogP contribution in [0.4, 0.5) is 0 Å². The first-order valence-electron chi connectivity index (χ1n) is 6.75. The number of halogens is 1. The van der Waals surface area contributed by atoms with Gasteiger partial charge in [-0.3, -0.25) is 4.90 Å². The third-order valence-corrected chi connectivity index (χ3v) is 4.94. The summed E-state index contributed by atoms with van der Waals surface area (Å²) < 4.78 is 0.989. The average Bonchev–Trinajstić information content (AvgIpc) is 2.37. The van der Waals surface area contributed by atoms with Crippen molar-refractivity contribution in [3.8, 4) is 0 Å². The molecule has 1 heterocycles. The van der Waals surface area contributed by atoms with Crippen molar-refractivity contribution in [1.29, 1.82) is 0 Å². The number of hydrogen-bond acceptors (Lipinski definition) is 2. The summed E-state index contributed by atoms with van der Waals surface area (Å²) in [5.41, 5.74) is 1.41. The molecule has 104 valence electrons. The van der Waals surface area contributed by atoms with Gasteiger partial charge in [0.2, 0.25) is 0 Å². The summed E-state index contributed by atoms with van der Waals surface area (Å²) >= 11 is 3.52. The second-order valence-corrected chi connectivity index (χ2v) is 6.30. The highest BCUT2D eigenvalue weighted by molar-refractivity contribution is 9.10. The molecule has 0 bridgehead atoms. The molecule has 2 atom stereocenters. The van der Waals surface area contributed by atoms with E-state index < -0.39 is 5.97 Å². The first-order chi connectivity index (χ1) is 8.99. The van der Waals surface area contributed by atoms with Crippen LogP contribution in [0.3, 0.4) is 0 Å². The average molecular weight is 326 g/mol. The zero-order valence-electron chi connectivity index (χ0n) is 11.4. The van der Waals surface area contributed by atoms with E-state index in [1.165, 1.54) is 12.8 Å². The molecule has 0 saturated carbocycles. The molecule has 3 nitrogen and oxygen atoms in total. The van der Waals surface area contributed by atoms with Gasteiger partial charge in [0.25, 0.3) is 0 Å². The van der Waals surface area contributed by atoms with Gasteiger partial charge < -0.3 is 5.11 Å². The van der Waals surface area contributed by atoms with E-state index in [2.05, 4.69) is 34.7 Å². The van der Waals surface area contributed by atoms with Gasteiger partial charge in [-0.05, 0) is 56.0 Å². The molecule has 1 aliphatic heterocycles. The first-order valence-corrected chi connectivity index (χ1v) is 7.54. The summed E-state index contributed by atoms with van der Waals surface area (Å²) in [6.07, 6.45) is 2.51. The Morgan fingerprint density at radius 3 is 2.89 bits per heavy atom. The number of carboxylic acids is 1. The fourth-order valence-electron chi connectivity index (χ4n) is 2.69. The van der Waals surface area contributed by atoms with Crippen LogP contribution in [0.15, 0.2) is 22.7 Å². The van der Waals surface area contributed by atoms with E-state index in [0.717, 1.165) is 23.1 Å². The summed E-state index contributed by atoms with van der Waals surface area (Å²) in [5, 5.41) is 9.07. The maximum atomic E-state index is 11.0. The third kappa shape index (κ3) is 3.37. The fraction of sp³-hybridized carbons (Fsp3) is 0.533. The minimum Gasteiger partial charge on any atom is -0.478 e. The number of likely N-dealkylation sites (tertiary alicyclic amines) is 1. The lowest BCUT2D eigenvalue weighted by Crippen LogP contribution is -2.41. The van der Waals surface area contributed by atoms with Crippen LogP contribution in [0.5, 0.6) is 0 Å². The van der Waals surface area contributed by atoms with Gasteiger partial charge in [0.1, 0.15) is 0 Å². The van der Waals surface area contributed by atoms with Crippen molar-refractivity contribution >= 4 is 21.9 Å². The molecule has 1 saturated heterocycles. The Morgan fingerprint density at radius 1 is 1.47 bits per heavy atom. The van der Waals surface area contributed by atoms with Gasteiger partial charge in [-0.15, -0.1) is 0 Å². The molecule has 19 heavy (non-hydrogen) atoms. The predicted molar refractivity (Wildman–Crippen MR) is 79.4 cm³/mol. The largest absolute Gasteiger partial charge is 0.478 e. The maximum Gasteiger partial charge on any atom is 0.335 e. The molecular formula is C15H20BrNO2. The van der Waals surface area contributed by atoms with Crippen molar-refractivity contribution in [1.82, 2.24) is 4.90 Å². The van der Waals surface area contributed by atoms with Gasteiger partial charge in [-0.1, -0.05) is 22.9 Å². The smallest absolute Gasteiger partial charge is 0.335 e. The lowest BCUT2D eigenvalue weighted by Gasteiger charge is -2.38. The normalized spacial score (nSPS) is 24.4. The maximum absolute atomic E-state index is 11.0. The van der Waals surface area contributed by atoms with Crippen molar-refractivity contribution in [2.24, 2.45) is 5.92 Å². The Bertz CT molecular complexity index is 475. The molecule has 0 aromatic heterocycles. The molecule has 1 aliphatic rings. The highest BCUT2D eigenvalue weighted by atomic mass is 79.9. The standard InChI is InChI=1S/C15H20BrNO2/c1-10-4-3-7-17(11(10)2)9-13-8-12(15(18)19)5-6-14(13)16/h5-6,8,10-11H,3-4,7,9H2,1-2H3,(H,18,19). The molecule has 4 heteroatoms. The highest BCUT2D eigenvalue weighted by Crippen LogP contribution is 2.27. The number of carbonyl (C=O) groups is 1. The Morgan fingerprint density at radius 2 is 2.21 bits per heavy atom. The second-order valence-electron chi connectivity index (χ2n) is 5.44. The first kappa shape index (κ1) is 14.5. The van der Waals surface area contributed by atoms with Crippen molar-refractivity contribution in [2.45, 2.75) is 39.3 Å². The summed E-state index contributed by atoms with van der Waals surface area (Å²) in [6, 6.07) is 5.79. The zero-order chi connectivity index (χ0) is 14.0. The van der Waals surface area contributed by atoms with Gasteiger partial charge in [-0.2, -0.15) is 0 Å². The van der Waals surface area contributed by atoms with E-state index in [1.54, 1.807) is 12.1 Å². The van der Waals surface area contributed by atoms with E-state index in [1.807, 2.05) is 6.07 Å². The molecule has 2 rings (SSSR count). The monoisotopic (exact) mass is 325 g/mol. The van der Waals surface area contributed by atoms with E-state index in [0.29, 0.717) is 17.5 Å². The summed E-state index contributed by atoms with van der Waals surface area (Å²) in [4.78, 5) is 13.5. The minimum atomic E-state index is -0.867. The molecule has 0 radical (unpaired) electrons. The van der Waals surface area contributed by atoms with E-state index >= 15 is 0 Å². The van der Waals surface area contributed by atoms with Crippen molar-refractivity contribution in [3.05, 3.63) is 33.8 Å². The van der Waals surface area contributed by atoms with Gasteiger partial charge in [0.15, 0.2) is 0 Å². The Labute approximate surface area is 122 Å². The van der Waals surface area contributed by atoms with E-state index in [-0.39, 0.29) is 0 Å². The van der Waals surface area contributed by atoms with Crippen LogP contribution in [0, 0.1) is 5.92 Å². The predicted octanol–water partition coefficient (Wildman–Crippen LogP) is 3.77. The lowest BCUT2D eigenvalue weighted by atomic mass is 9.91. The molecule has 1 aromatic carbocycles. The van der Waals surface area contributed by atoms with Crippen LogP contribution in [-0.4, -0.2) is 28.6 Å². The number of hydrogen-bond donors (Lipinski definition) is 1. The van der Waals surface area contributed by atoms with Crippen LogP contribution < -0.4 is 0 Å². The van der Waals surface area contributed by atoms with Crippen LogP contribution >= 0.6 is 15.9 Å². The minimum absolute atomic E-state index is 0.357. The summed E-state index contributed by atoms with van der Waals surface area (Å²) in [6.45, 7) is 6.46. The number of benzene rings is 1. The summed E-state index contributed by atoms with van der Waals surface area (Å²) in [7, 11) is 0. The quantitative estimate of drug-likeness (QED) is 0.919. The van der Waals surface area contributed by atoms with Crippen LogP contribution in [0.2, 0.25) is 0 Å². The Balaban J connectivity index is 2.18. The highest BCUT2D eigenvalue weighted by Gasteiger charge is 2.25. The molecule has 0 amide bonds. The van der Waals surface area contributed by atoms with Crippen molar-refractivity contribution < 1.29 is 9.90 Å². The molecule has 1 aromatic rings. The van der Waals surface area contributed by atoms with E-state index in [4.69, 9.17) is 5.11 Å². The van der Waals surface area contributed by atoms with Crippen molar-refractivity contribution in [3.63, 3.8) is 0 Å². The van der Waals surface area contributed by atoms with Crippen LogP contribution in [0.25, 0.3) is 0 Å². The molecule has 2 unspecified atom stereocenters. The second kappa shape index (κ2) is 6.06. The Kier molecular flexibility index (Phi) is 4.63.